The van der Waals surface area contributed by atoms with Gasteiger partial charge in [-0.05, 0) is 41.8 Å². The molecule has 1 aliphatic rings. The van der Waals surface area contributed by atoms with Gasteiger partial charge < -0.3 is 20.6 Å². The van der Waals surface area contributed by atoms with Crippen molar-refractivity contribution in [2.45, 2.75) is 84.5 Å². The van der Waals surface area contributed by atoms with Crippen LogP contribution in [0.5, 0.6) is 0 Å². The maximum absolute atomic E-state index is 13.7. The summed E-state index contributed by atoms with van der Waals surface area (Å²) in [6.07, 6.45) is 1.58. The number of amides is 3. The van der Waals surface area contributed by atoms with Crippen molar-refractivity contribution in [2.75, 3.05) is 13.1 Å². The number of hydrogen-bond acceptors (Lipinski definition) is 7. The molecule has 0 radical (unpaired) electrons. The summed E-state index contributed by atoms with van der Waals surface area (Å²) < 4.78 is 0. The highest BCUT2D eigenvalue weighted by molar-refractivity contribution is 7.13. The van der Waals surface area contributed by atoms with Crippen LogP contribution in [0.3, 0.4) is 0 Å². The number of likely N-dealkylation sites (tertiary alicyclic amines) is 1. The lowest BCUT2D eigenvalue weighted by Crippen LogP contribution is -2.57. The van der Waals surface area contributed by atoms with Gasteiger partial charge in [-0.1, -0.05) is 56.6 Å². The van der Waals surface area contributed by atoms with Gasteiger partial charge in [0.15, 0.2) is 0 Å². The van der Waals surface area contributed by atoms with Crippen molar-refractivity contribution in [1.29, 1.82) is 0 Å². The molecule has 1 saturated heterocycles. The average Bonchev–Trinajstić information content (AvgIpc) is 3.52. The smallest absolute Gasteiger partial charge is 0.246 e. The molecule has 2 aromatic rings. The van der Waals surface area contributed by atoms with Crippen LogP contribution >= 0.6 is 11.3 Å². The van der Waals surface area contributed by atoms with Gasteiger partial charge in [0.25, 0.3) is 0 Å². The molecule has 0 saturated carbocycles. The van der Waals surface area contributed by atoms with Crippen LogP contribution in [0.1, 0.15) is 64.1 Å². The van der Waals surface area contributed by atoms with E-state index in [2.05, 4.69) is 25.6 Å². The Morgan fingerprint density at radius 3 is 2.58 bits per heavy atom. The number of carbonyl (C=O) groups is 3. The number of aryl methyl sites for hydroxylation is 1. The average molecular weight is 570 g/mol. The number of thiazole rings is 1. The second kappa shape index (κ2) is 14.2. The van der Waals surface area contributed by atoms with E-state index >= 15 is 0 Å². The molecule has 2 heterocycles. The van der Waals surface area contributed by atoms with E-state index in [0.29, 0.717) is 19.4 Å². The Hall–Kier alpha value is -3.47. The van der Waals surface area contributed by atoms with E-state index in [4.69, 9.17) is 5.53 Å². The fraction of sp³-hybridized carbons (Fsp3) is 0.571. The number of carbonyl (C=O) groups excluding carboxylic acids is 3. The van der Waals surface area contributed by atoms with Crippen LogP contribution in [0, 0.1) is 12.3 Å². The van der Waals surface area contributed by atoms with Crippen LogP contribution in [-0.2, 0) is 20.9 Å². The lowest BCUT2D eigenvalue weighted by molar-refractivity contribution is -0.144. The van der Waals surface area contributed by atoms with Gasteiger partial charge in [-0.25, -0.2) is 4.98 Å². The van der Waals surface area contributed by atoms with E-state index in [1.165, 1.54) is 4.90 Å². The van der Waals surface area contributed by atoms with Gasteiger partial charge in [0, 0.05) is 37.4 Å². The van der Waals surface area contributed by atoms with Crippen LogP contribution < -0.4 is 10.6 Å². The number of benzene rings is 1. The van der Waals surface area contributed by atoms with Crippen molar-refractivity contribution >= 4 is 29.1 Å². The van der Waals surface area contributed by atoms with E-state index < -0.39 is 23.6 Å². The molecule has 3 amide bonds. The summed E-state index contributed by atoms with van der Waals surface area (Å²) in [5, 5.41) is 19.6. The third-order valence-corrected chi connectivity index (χ3v) is 7.91. The highest BCUT2D eigenvalue weighted by Crippen LogP contribution is 2.28. The molecule has 1 aromatic heterocycles. The van der Waals surface area contributed by atoms with Gasteiger partial charge in [-0.15, -0.1) is 11.3 Å². The Morgan fingerprint density at radius 1 is 1.23 bits per heavy atom. The van der Waals surface area contributed by atoms with Crippen molar-refractivity contribution in [3.63, 3.8) is 0 Å². The number of aliphatic hydroxyl groups excluding tert-OH is 1. The predicted octanol–water partition coefficient (Wildman–Crippen LogP) is 4.10. The number of hydrogen-bond donors (Lipinski definition) is 3. The first-order chi connectivity index (χ1) is 19.0. The van der Waals surface area contributed by atoms with Crippen molar-refractivity contribution in [2.24, 2.45) is 10.5 Å². The summed E-state index contributed by atoms with van der Waals surface area (Å²) in [6.45, 7) is 8.24. The largest absolute Gasteiger partial charge is 0.391 e. The summed E-state index contributed by atoms with van der Waals surface area (Å²) in [5.41, 5.74) is 12.5. The molecule has 40 heavy (non-hydrogen) atoms. The Bertz CT molecular complexity index is 1220. The number of aliphatic hydroxyl groups is 1. The molecule has 0 bridgehead atoms. The second-order valence-electron chi connectivity index (χ2n) is 11.2. The first-order valence-corrected chi connectivity index (χ1v) is 14.4. The van der Waals surface area contributed by atoms with Gasteiger partial charge >= 0.3 is 0 Å². The standard InChI is InChI=1S/C28H39N7O4S/c1-18-24(40-17-31-18)20-11-9-19(10-12-20)15-30-26(38)22-14-21(36)16-35(22)27(39)25(28(2,3)4)33-23(37)8-6-5-7-13-32-34-29/h9-12,17,21-22,25,36H,5-8,13-16H2,1-4H3,(H,30,38)(H,33,37)/t21-,22+,25-/m1/s1. The van der Waals surface area contributed by atoms with Crippen molar-refractivity contribution < 1.29 is 19.5 Å². The first kappa shape index (κ1) is 31.1. The highest BCUT2D eigenvalue weighted by Gasteiger charge is 2.44. The van der Waals surface area contributed by atoms with Crippen LogP contribution in [-0.4, -0.2) is 64.0 Å². The number of nitrogens with one attached hydrogen (secondary N) is 2. The summed E-state index contributed by atoms with van der Waals surface area (Å²) in [6, 6.07) is 6.20. The van der Waals surface area contributed by atoms with E-state index in [9.17, 15) is 19.5 Å². The summed E-state index contributed by atoms with van der Waals surface area (Å²) in [4.78, 5) is 49.0. The number of aromatic nitrogens is 1. The molecular formula is C28H39N7O4S. The number of azide groups is 1. The van der Waals surface area contributed by atoms with Crippen molar-refractivity contribution in [3.05, 3.63) is 51.5 Å². The number of nitrogens with zero attached hydrogens (tertiary/aromatic N) is 5. The molecule has 0 unspecified atom stereocenters. The fourth-order valence-electron chi connectivity index (χ4n) is 4.70. The molecule has 216 valence electrons. The molecule has 3 rings (SSSR count). The molecule has 0 spiro atoms. The molecule has 1 fully saturated rings. The molecule has 1 aliphatic heterocycles. The van der Waals surface area contributed by atoms with Crippen LogP contribution in [0.4, 0.5) is 0 Å². The zero-order valence-corrected chi connectivity index (χ0v) is 24.4. The van der Waals surface area contributed by atoms with Gasteiger partial charge in [-0.3, -0.25) is 14.4 Å². The predicted molar refractivity (Wildman–Crippen MR) is 154 cm³/mol. The Labute approximate surface area is 239 Å². The van der Waals surface area contributed by atoms with Gasteiger partial charge in [0.05, 0.1) is 22.2 Å². The van der Waals surface area contributed by atoms with Crippen molar-refractivity contribution in [1.82, 2.24) is 20.5 Å². The molecule has 0 aliphatic carbocycles. The number of rotatable bonds is 12. The maximum atomic E-state index is 13.7. The van der Waals surface area contributed by atoms with Gasteiger partial charge in [0.1, 0.15) is 12.1 Å². The Morgan fingerprint density at radius 2 is 1.95 bits per heavy atom. The topological polar surface area (TPSA) is 160 Å². The number of unbranched alkanes of at least 4 members (excludes halogenated alkanes) is 2. The molecule has 12 heteroatoms. The number of β-amino-alcohol motifs (C(OH)–C–C–N with tert-alkyl or cyclic N) is 1. The summed E-state index contributed by atoms with van der Waals surface area (Å²) >= 11 is 1.58. The van der Waals surface area contributed by atoms with E-state index in [0.717, 1.165) is 28.1 Å². The summed E-state index contributed by atoms with van der Waals surface area (Å²) in [7, 11) is 0. The van der Waals surface area contributed by atoms with Gasteiger partial charge in [-0.2, -0.15) is 0 Å². The quantitative estimate of drug-likeness (QED) is 0.152. The molecular weight excluding hydrogens is 530 g/mol. The van der Waals surface area contributed by atoms with Crippen LogP contribution in [0.2, 0.25) is 0 Å². The SMILES string of the molecule is Cc1ncsc1-c1ccc(CNC(=O)[C@@H]2C[C@@H](O)CN2C(=O)[C@@H](NC(=O)CCCCCN=[N+]=[N-])C(C)(C)C)cc1. The minimum Gasteiger partial charge on any atom is -0.391 e. The minimum absolute atomic E-state index is 0.0294. The zero-order chi connectivity index (χ0) is 29.3. The van der Waals surface area contributed by atoms with Gasteiger partial charge in [0.2, 0.25) is 17.7 Å². The monoisotopic (exact) mass is 569 g/mol. The van der Waals surface area contributed by atoms with E-state index in [-0.39, 0.29) is 43.7 Å². The van der Waals surface area contributed by atoms with Crippen LogP contribution in [0.15, 0.2) is 34.9 Å². The van der Waals surface area contributed by atoms with Crippen molar-refractivity contribution in [3.8, 4) is 10.4 Å². The van der Waals surface area contributed by atoms with E-state index in [1.54, 1.807) is 11.3 Å². The third-order valence-electron chi connectivity index (χ3n) is 6.94. The molecule has 3 atom stereocenters. The second-order valence-corrected chi connectivity index (χ2v) is 12.1. The minimum atomic E-state index is -0.855. The molecule has 11 nitrogen and oxygen atoms in total. The lowest BCUT2D eigenvalue weighted by atomic mass is 9.85. The Kier molecular flexibility index (Phi) is 11.1. The summed E-state index contributed by atoms with van der Waals surface area (Å²) in [5.74, 6) is -0.980. The first-order valence-electron chi connectivity index (χ1n) is 13.6. The normalized spacial score (nSPS) is 17.7. The lowest BCUT2D eigenvalue weighted by Gasteiger charge is -2.35. The maximum Gasteiger partial charge on any atom is 0.246 e. The van der Waals surface area contributed by atoms with E-state index in [1.807, 2.05) is 57.5 Å². The Balaban J connectivity index is 1.60. The molecule has 1 aromatic carbocycles. The fourth-order valence-corrected chi connectivity index (χ4v) is 5.51. The van der Waals surface area contributed by atoms with Crippen LogP contribution in [0.25, 0.3) is 20.9 Å². The third kappa shape index (κ3) is 8.51. The highest BCUT2D eigenvalue weighted by atomic mass is 32.1. The zero-order valence-electron chi connectivity index (χ0n) is 23.6. The molecule has 3 N–H and O–H groups in total.